The van der Waals surface area contributed by atoms with Gasteiger partial charge in [-0.2, -0.15) is 0 Å². The largest absolute Gasteiger partial charge is 0.467 e. The highest BCUT2D eigenvalue weighted by atomic mass is 16.5. The molecule has 4 heterocycles. The minimum absolute atomic E-state index is 0.00730. The van der Waals surface area contributed by atoms with Crippen LogP contribution in [-0.4, -0.2) is 58.6 Å². The molecule has 6 rings (SSSR count). The molecule has 0 aliphatic carbocycles. The van der Waals surface area contributed by atoms with E-state index in [0.717, 1.165) is 17.7 Å². The first-order valence-corrected chi connectivity index (χ1v) is 11.9. The van der Waals surface area contributed by atoms with Gasteiger partial charge in [-0.05, 0) is 61.4 Å². The molecular formula is C27H21N3O7. The lowest BCUT2D eigenvalue weighted by atomic mass is 10.0. The molecule has 1 unspecified atom stereocenters. The zero-order valence-corrected chi connectivity index (χ0v) is 19.6. The van der Waals surface area contributed by atoms with E-state index in [1.165, 1.54) is 41.5 Å². The van der Waals surface area contributed by atoms with E-state index in [-0.39, 0.29) is 52.9 Å². The Morgan fingerprint density at radius 2 is 1.57 bits per heavy atom. The van der Waals surface area contributed by atoms with Crippen molar-refractivity contribution in [2.24, 2.45) is 0 Å². The number of anilines is 1. The summed E-state index contributed by atoms with van der Waals surface area (Å²) in [6, 6.07) is 12.1. The number of furan rings is 1. The first kappa shape index (κ1) is 22.9. The second-order valence-corrected chi connectivity index (χ2v) is 9.11. The highest BCUT2D eigenvalue weighted by Gasteiger charge is 2.38. The van der Waals surface area contributed by atoms with Gasteiger partial charge in [-0.1, -0.05) is 0 Å². The van der Waals surface area contributed by atoms with Gasteiger partial charge in [0.1, 0.15) is 5.76 Å². The summed E-state index contributed by atoms with van der Waals surface area (Å²) in [5, 5.41) is 2.71. The Hall–Kier alpha value is -4.57. The maximum absolute atomic E-state index is 13.0. The van der Waals surface area contributed by atoms with E-state index in [1.54, 1.807) is 18.2 Å². The summed E-state index contributed by atoms with van der Waals surface area (Å²) in [5.41, 5.74) is 1.32. The maximum Gasteiger partial charge on any atom is 0.261 e. The molecule has 186 valence electrons. The van der Waals surface area contributed by atoms with Gasteiger partial charge in [0.15, 0.2) is 0 Å². The fourth-order valence-corrected chi connectivity index (χ4v) is 4.86. The molecule has 0 saturated carbocycles. The smallest absolute Gasteiger partial charge is 0.261 e. The summed E-state index contributed by atoms with van der Waals surface area (Å²) < 4.78 is 10.8. The number of hydrogen-bond acceptors (Lipinski definition) is 7. The van der Waals surface area contributed by atoms with Crippen molar-refractivity contribution in [1.29, 1.82) is 0 Å². The van der Waals surface area contributed by atoms with E-state index in [4.69, 9.17) is 9.15 Å². The fourth-order valence-electron chi connectivity index (χ4n) is 4.86. The van der Waals surface area contributed by atoms with Gasteiger partial charge >= 0.3 is 0 Å². The van der Waals surface area contributed by atoms with Gasteiger partial charge in [0.2, 0.25) is 0 Å². The third-order valence-corrected chi connectivity index (χ3v) is 6.77. The molecule has 3 aliphatic heterocycles. The van der Waals surface area contributed by atoms with Crippen molar-refractivity contribution in [3.05, 3.63) is 88.4 Å². The molecule has 2 aromatic carbocycles. The third kappa shape index (κ3) is 3.91. The minimum atomic E-state index is -0.527. The minimum Gasteiger partial charge on any atom is -0.467 e. The van der Waals surface area contributed by atoms with Gasteiger partial charge in [0.05, 0.1) is 47.7 Å². The summed E-state index contributed by atoms with van der Waals surface area (Å²) in [4.78, 5) is 66.4. The quantitative estimate of drug-likeness (QED) is 0.517. The highest BCUT2D eigenvalue weighted by Crippen LogP contribution is 2.29. The van der Waals surface area contributed by atoms with Crippen LogP contribution in [-0.2, 0) is 11.3 Å². The normalized spacial score (nSPS) is 18.5. The molecule has 0 spiro atoms. The topological polar surface area (TPSA) is 126 Å². The van der Waals surface area contributed by atoms with Crippen molar-refractivity contribution < 1.29 is 33.1 Å². The predicted molar refractivity (Wildman–Crippen MR) is 128 cm³/mol. The standard InChI is InChI=1S/C27H21N3O7/c31-23(15-5-7-19-21(11-15)26(34)29(24(19)32)13-17-3-1-9-36-17)28-16-6-8-20-22(12-16)27(35)30(25(20)33)14-18-4-2-10-37-18/h1,3,5-9,11-12,18H,2,4,10,13-14H2,(H,28,31). The Morgan fingerprint density at radius 1 is 0.865 bits per heavy atom. The van der Waals surface area contributed by atoms with Crippen LogP contribution in [0.15, 0.2) is 59.2 Å². The van der Waals surface area contributed by atoms with Crippen LogP contribution < -0.4 is 5.32 Å². The summed E-state index contributed by atoms with van der Waals surface area (Å²) >= 11 is 0. The molecule has 37 heavy (non-hydrogen) atoms. The van der Waals surface area contributed by atoms with Crippen molar-refractivity contribution in [1.82, 2.24) is 9.80 Å². The van der Waals surface area contributed by atoms with Gasteiger partial charge in [-0.15, -0.1) is 0 Å². The molecule has 5 amide bonds. The second kappa shape index (κ2) is 8.82. The van der Waals surface area contributed by atoms with E-state index < -0.39 is 23.6 Å². The maximum atomic E-state index is 13.0. The van der Waals surface area contributed by atoms with Crippen LogP contribution in [0.2, 0.25) is 0 Å². The van der Waals surface area contributed by atoms with Crippen molar-refractivity contribution >= 4 is 35.2 Å². The summed E-state index contributed by atoms with van der Waals surface area (Å²) in [6.07, 6.45) is 2.99. The fraction of sp³-hybridized carbons (Fsp3) is 0.222. The average molecular weight is 499 g/mol. The lowest BCUT2D eigenvalue weighted by molar-refractivity contribution is 0.0474. The number of amides is 5. The van der Waals surface area contributed by atoms with Crippen LogP contribution in [0.5, 0.6) is 0 Å². The van der Waals surface area contributed by atoms with Crippen LogP contribution in [0, 0.1) is 0 Å². The number of nitrogens with one attached hydrogen (secondary N) is 1. The predicted octanol–water partition coefficient (Wildman–Crippen LogP) is 3.10. The zero-order chi connectivity index (χ0) is 25.7. The number of fused-ring (bicyclic) bond motifs is 2. The lowest BCUT2D eigenvalue weighted by Gasteiger charge is -2.17. The number of ether oxygens (including phenoxy) is 1. The number of imide groups is 2. The lowest BCUT2D eigenvalue weighted by Crippen LogP contribution is -2.36. The Labute approximate surface area is 210 Å². The first-order chi connectivity index (χ1) is 17.9. The molecule has 0 bridgehead atoms. The third-order valence-electron chi connectivity index (χ3n) is 6.77. The van der Waals surface area contributed by atoms with Crippen molar-refractivity contribution in [2.75, 3.05) is 18.5 Å². The molecule has 10 heteroatoms. The van der Waals surface area contributed by atoms with Crippen molar-refractivity contribution in [3.63, 3.8) is 0 Å². The molecule has 0 radical (unpaired) electrons. The van der Waals surface area contributed by atoms with E-state index >= 15 is 0 Å². The van der Waals surface area contributed by atoms with E-state index in [9.17, 15) is 24.0 Å². The van der Waals surface area contributed by atoms with Gasteiger partial charge < -0.3 is 14.5 Å². The summed E-state index contributed by atoms with van der Waals surface area (Å²) in [7, 11) is 0. The van der Waals surface area contributed by atoms with E-state index in [0.29, 0.717) is 18.1 Å². The van der Waals surface area contributed by atoms with Crippen LogP contribution in [0.25, 0.3) is 0 Å². The molecular weight excluding hydrogens is 478 g/mol. The Morgan fingerprint density at radius 3 is 2.30 bits per heavy atom. The van der Waals surface area contributed by atoms with Crippen molar-refractivity contribution in [3.8, 4) is 0 Å². The van der Waals surface area contributed by atoms with Crippen molar-refractivity contribution in [2.45, 2.75) is 25.5 Å². The van der Waals surface area contributed by atoms with Crippen LogP contribution in [0.3, 0.4) is 0 Å². The number of rotatable bonds is 6. The monoisotopic (exact) mass is 499 g/mol. The highest BCUT2D eigenvalue weighted by molar-refractivity contribution is 6.23. The molecule has 1 N–H and O–H groups in total. The number of benzene rings is 2. The van der Waals surface area contributed by atoms with Gasteiger partial charge in [-0.25, -0.2) is 0 Å². The average Bonchev–Trinajstić information content (AvgIpc) is 3.69. The number of carbonyl (C=O) groups is 5. The van der Waals surface area contributed by atoms with Crippen LogP contribution in [0.4, 0.5) is 5.69 Å². The zero-order valence-electron chi connectivity index (χ0n) is 19.6. The SMILES string of the molecule is O=C(Nc1ccc2c(c1)C(=O)N(CC1CCCO1)C2=O)c1ccc2c(c1)C(=O)N(Cc1ccco1)C2=O. The molecule has 3 aromatic rings. The Balaban J connectivity index is 1.18. The van der Waals surface area contributed by atoms with Gasteiger partial charge in [0.25, 0.3) is 29.5 Å². The molecule has 1 fully saturated rings. The van der Waals surface area contributed by atoms with Crippen LogP contribution in [0.1, 0.15) is 70.4 Å². The second-order valence-electron chi connectivity index (χ2n) is 9.11. The molecule has 1 atom stereocenters. The summed E-state index contributed by atoms with van der Waals surface area (Å²) in [6.45, 7) is 0.813. The van der Waals surface area contributed by atoms with Gasteiger partial charge in [0, 0.05) is 17.9 Å². The molecule has 1 saturated heterocycles. The summed E-state index contributed by atoms with van der Waals surface area (Å²) in [5.74, 6) is -1.84. The Bertz CT molecular complexity index is 1470. The molecule has 10 nitrogen and oxygen atoms in total. The van der Waals surface area contributed by atoms with Gasteiger partial charge in [-0.3, -0.25) is 33.8 Å². The van der Waals surface area contributed by atoms with E-state index in [2.05, 4.69) is 5.32 Å². The molecule has 1 aromatic heterocycles. The number of nitrogens with zero attached hydrogens (tertiary/aromatic N) is 2. The van der Waals surface area contributed by atoms with Crippen LogP contribution >= 0.6 is 0 Å². The number of hydrogen-bond donors (Lipinski definition) is 1. The molecule has 3 aliphatic rings. The van der Waals surface area contributed by atoms with E-state index in [1.807, 2.05) is 0 Å². The number of carbonyl (C=O) groups excluding carboxylic acids is 5. The Kier molecular flexibility index (Phi) is 5.45. The first-order valence-electron chi connectivity index (χ1n) is 11.9.